The summed E-state index contributed by atoms with van der Waals surface area (Å²) < 4.78 is 37.0. The van der Waals surface area contributed by atoms with E-state index in [1.165, 1.54) is 35.6 Å². The number of carbonyl (C=O) groups is 1. The van der Waals surface area contributed by atoms with Crippen molar-refractivity contribution in [2.75, 3.05) is 18.7 Å². The molecule has 1 aromatic heterocycles. The second-order valence-corrected chi connectivity index (χ2v) is 8.71. The second-order valence-electron chi connectivity index (χ2n) is 6.09. The van der Waals surface area contributed by atoms with Crippen molar-refractivity contribution in [3.8, 4) is 22.8 Å². The Morgan fingerprint density at radius 2 is 1.90 bits per heavy atom. The Bertz CT molecular complexity index is 1160. The minimum Gasteiger partial charge on any atom is -0.454 e. The zero-order valence-electron chi connectivity index (χ0n) is 15.3. The Labute approximate surface area is 171 Å². The molecule has 0 bridgehead atoms. The first-order chi connectivity index (χ1) is 14.0. The average Bonchev–Trinajstić information content (AvgIpc) is 3.36. The van der Waals surface area contributed by atoms with Crippen LogP contribution >= 0.6 is 11.3 Å². The van der Waals surface area contributed by atoms with Crippen LogP contribution in [0.3, 0.4) is 0 Å². The van der Waals surface area contributed by atoms with Crippen molar-refractivity contribution in [1.82, 2.24) is 9.71 Å². The molecule has 2 aromatic carbocycles. The molecule has 150 valence electrons. The van der Waals surface area contributed by atoms with E-state index >= 15 is 0 Å². The predicted molar refractivity (Wildman–Crippen MR) is 109 cm³/mol. The molecule has 0 saturated carbocycles. The topological polar surface area (TPSA) is 107 Å². The lowest BCUT2D eigenvalue weighted by Gasteiger charge is -2.06. The van der Waals surface area contributed by atoms with Gasteiger partial charge in [-0.05, 0) is 42.5 Å². The smallest absolute Gasteiger partial charge is 0.257 e. The number of benzene rings is 2. The number of fused-ring (bicyclic) bond motifs is 1. The summed E-state index contributed by atoms with van der Waals surface area (Å²) in [6, 6.07) is 11.2. The minimum atomic E-state index is -3.55. The summed E-state index contributed by atoms with van der Waals surface area (Å²) in [4.78, 5) is 17.0. The summed E-state index contributed by atoms with van der Waals surface area (Å²) in [5.41, 5.74) is 1.89. The lowest BCUT2D eigenvalue weighted by atomic mass is 10.1. The van der Waals surface area contributed by atoms with E-state index in [9.17, 15) is 13.2 Å². The van der Waals surface area contributed by atoms with Crippen molar-refractivity contribution in [2.45, 2.75) is 11.8 Å². The lowest BCUT2D eigenvalue weighted by Crippen LogP contribution is -2.23. The van der Waals surface area contributed by atoms with Gasteiger partial charge in [-0.1, -0.05) is 6.92 Å². The highest BCUT2D eigenvalue weighted by atomic mass is 32.2. The number of aromatic nitrogens is 1. The van der Waals surface area contributed by atoms with Gasteiger partial charge in [0.15, 0.2) is 16.6 Å². The van der Waals surface area contributed by atoms with Gasteiger partial charge in [-0.15, -0.1) is 11.3 Å². The number of hydrogen-bond donors (Lipinski definition) is 2. The van der Waals surface area contributed by atoms with E-state index < -0.39 is 10.0 Å². The van der Waals surface area contributed by atoms with Gasteiger partial charge >= 0.3 is 0 Å². The van der Waals surface area contributed by atoms with Crippen molar-refractivity contribution >= 4 is 32.4 Å². The zero-order chi connectivity index (χ0) is 20.4. The van der Waals surface area contributed by atoms with Crippen LogP contribution in [0.2, 0.25) is 0 Å². The van der Waals surface area contributed by atoms with Crippen molar-refractivity contribution < 1.29 is 22.7 Å². The number of nitrogens with one attached hydrogen (secondary N) is 2. The average molecular weight is 431 g/mol. The normalized spacial score (nSPS) is 12.7. The van der Waals surface area contributed by atoms with Crippen molar-refractivity contribution in [2.24, 2.45) is 0 Å². The number of nitrogens with zero attached hydrogens (tertiary/aromatic N) is 1. The van der Waals surface area contributed by atoms with E-state index in [1.54, 1.807) is 6.92 Å². The van der Waals surface area contributed by atoms with E-state index in [0.717, 1.165) is 5.56 Å². The monoisotopic (exact) mass is 431 g/mol. The highest BCUT2D eigenvalue weighted by Crippen LogP contribution is 2.36. The Morgan fingerprint density at radius 1 is 1.14 bits per heavy atom. The van der Waals surface area contributed by atoms with Gasteiger partial charge in [-0.2, -0.15) is 0 Å². The van der Waals surface area contributed by atoms with Crippen LogP contribution in [0.5, 0.6) is 11.5 Å². The second kappa shape index (κ2) is 7.82. The standard InChI is InChI=1S/C19H17N3O5S2/c1-2-20-29(24,25)14-6-3-12(4-7-14)18(23)22-19-21-15(10-28-19)13-5-8-16-17(9-13)27-11-26-16/h3-10,20H,2,11H2,1H3,(H,21,22,23). The highest BCUT2D eigenvalue weighted by Gasteiger charge is 2.17. The molecule has 29 heavy (non-hydrogen) atoms. The third-order valence-corrected chi connectivity index (χ3v) is 6.47. The van der Waals surface area contributed by atoms with Gasteiger partial charge in [0, 0.05) is 23.1 Å². The molecule has 3 aromatic rings. The maximum atomic E-state index is 12.5. The van der Waals surface area contributed by atoms with Crippen LogP contribution in [0.25, 0.3) is 11.3 Å². The molecule has 0 spiro atoms. The Balaban J connectivity index is 1.47. The summed E-state index contributed by atoms with van der Waals surface area (Å²) in [7, 11) is -3.55. The quantitative estimate of drug-likeness (QED) is 0.621. The van der Waals surface area contributed by atoms with Gasteiger partial charge < -0.3 is 9.47 Å². The molecule has 0 unspecified atom stereocenters. The summed E-state index contributed by atoms with van der Waals surface area (Å²) in [5.74, 6) is 0.981. The van der Waals surface area contributed by atoms with E-state index in [-0.39, 0.29) is 17.6 Å². The largest absolute Gasteiger partial charge is 0.454 e. The Kier molecular flexibility index (Phi) is 5.22. The minimum absolute atomic E-state index is 0.107. The molecule has 8 nitrogen and oxygen atoms in total. The van der Waals surface area contributed by atoms with Gasteiger partial charge in [-0.25, -0.2) is 18.1 Å². The molecular formula is C19H17N3O5S2. The molecule has 0 aliphatic carbocycles. The first-order valence-corrected chi connectivity index (χ1v) is 11.1. The van der Waals surface area contributed by atoms with E-state index in [4.69, 9.17) is 9.47 Å². The van der Waals surface area contributed by atoms with E-state index in [0.29, 0.717) is 34.4 Å². The summed E-state index contributed by atoms with van der Waals surface area (Å²) in [6.07, 6.45) is 0. The molecular weight excluding hydrogens is 414 g/mol. The molecule has 1 aliphatic heterocycles. The number of thiazole rings is 1. The van der Waals surface area contributed by atoms with E-state index in [2.05, 4.69) is 15.0 Å². The molecule has 1 aliphatic rings. The summed E-state index contributed by atoms with van der Waals surface area (Å²) in [5, 5.41) is 5.00. The van der Waals surface area contributed by atoms with Gasteiger partial charge in [0.2, 0.25) is 16.8 Å². The number of rotatable bonds is 6. The summed E-state index contributed by atoms with van der Waals surface area (Å²) in [6.45, 7) is 2.19. The van der Waals surface area contributed by atoms with Crippen molar-refractivity contribution in [1.29, 1.82) is 0 Å². The number of amides is 1. The third kappa shape index (κ3) is 4.09. The first kappa shape index (κ1) is 19.4. The molecule has 0 atom stereocenters. The molecule has 0 fully saturated rings. The van der Waals surface area contributed by atoms with Gasteiger partial charge in [-0.3, -0.25) is 10.1 Å². The fraction of sp³-hybridized carbons (Fsp3) is 0.158. The Hall–Kier alpha value is -2.95. The molecule has 10 heteroatoms. The highest BCUT2D eigenvalue weighted by molar-refractivity contribution is 7.89. The van der Waals surface area contributed by atoms with Crippen LogP contribution in [-0.2, 0) is 10.0 Å². The van der Waals surface area contributed by atoms with Gasteiger partial charge in [0.25, 0.3) is 5.91 Å². The number of carbonyl (C=O) groups excluding carboxylic acids is 1. The SMILES string of the molecule is CCNS(=O)(=O)c1ccc(C(=O)Nc2nc(-c3ccc4c(c3)OCO4)cs2)cc1. The molecule has 0 saturated heterocycles. The number of anilines is 1. The lowest BCUT2D eigenvalue weighted by molar-refractivity contribution is 0.102. The van der Waals surface area contributed by atoms with Crippen LogP contribution in [0.1, 0.15) is 17.3 Å². The molecule has 4 rings (SSSR count). The maximum Gasteiger partial charge on any atom is 0.257 e. The molecule has 2 heterocycles. The van der Waals surface area contributed by atoms with Crippen LogP contribution in [-0.4, -0.2) is 32.6 Å². The van der Waals surface area contributed by atoms with Crippen LogP contribution in [0.4, 0.5) is 5.13 Å². The van der Waals surface area contributed by atoms with Crippen LogP contribution < -0.4 is 19.5 Å². The Morgan fingerprint density at radius 3 is 2.66 bits per heavy atom. The van der Waals surface area contributed by atoms with Gasteiger partial charge in [0.05, 0.1) is 10.6 Å². The first-order valence-electron chi connectivity index (χ1n) is 8.73. The fourth-order valence-electron chi connectivity index (χ4n) is 2.75. The van der Waals surface area contributed by atoms with Crippen LogP contribution in [0.15, 0.2) is 52.7 Å². The molecule has 1 amide bonds. The van der Waals surface area contributed by atoms with E-state index in [1.807, 2.05) is 23.6 Å². The van der Waals surface area contributed by atoms with Crippen molar-refractivity contribution in [3.63, 3.8) is 0 Å². The maximum absolute atomic E-state index is 12.5. The number of hydrogen-bond acceptors (Lipinski definition) is 7. The predicted octanol–water partition coefficient (Wildman–Crippen LogP) is 3.09. The van der Waals surface area contributed by atoms with Crippen molar-refractivity contribution in [3.05, 3.63) is 53.4 Å². The number of sulfonamides is 1. The van der Waals surface area contributed by atoms with Gasteiger partial charge in [0.1, 0.15) is 0 Å². The zero-order valence-corrected chi connectivity index (χ0v) is 17.0. The third-order valence-electron chi connectivity index (χ3n) is 4.15. The summed E-state index contributed by atoms with van der Waals surface area (Å²) >= 11 is 1.29. The van der Waals surface area contributed by atoms with Crippen LogP contribution in [0, 0.1) is 0 Å². The molecule has 0 radical (unpaired) electrons. The fourth-order valence-corrected chi connectivity index (χ4v) is 4.50. The number of ether oxygens (including phenoxy) is 2. The molecule has 2 N–H and O–H groups in total.